The first-order valence-electron chi connectivity index (χ1n) is 6.37. The molecule has 0 radical (unpaired) electrons. The van der Waals surface area contributed by atoms with Gasteiger partial charge in [0.1, 0.15) is 5.82 Å². The highest BCUT2D eigenvalue weighted by Crippen LogP contribution is 2.07. The van der Waals surface area contributed by atoms with Crippen molar-refractivity contribution in [2.75, 3.05) is 26.0 Å². The van der Waals surface area contributed by atoms with Gasteiger partial charge in [-0.3, -0.25) is 4.79 Å². The average molecular weight is 266 g/mol. The van der Waals surface area contributed by atoms with Gasteiger partial charge in [0.05, 0.1) is 6.10 Å². The summed E-state index contributed by atoms with van der Waals surface area (Å²) in [5.41, 5.74) is 0.304. The Labute approximate surface area is 113 Å². The lowest BCUT2D eigenvalue weighted by atomic mass is 10.1. The van der Waals surface area contributed by atoms with Crippen molar-refractivity contribution in [2.45, 2.75) is 26.4 Å². The van der Waals surface area contributed by atoms with Crippen molar-refractivity contribution in [3.05, 3.63) is 17.8 Å². The second-order valence-corrected chi connectivity index (χ2v) is 5.17. The molecule has 1 heterocycles. The molecule has 1 amide bonds. The SMILES string of the molecule is CC(C)CC(O)CNc1ccc(C(=O)N(C)C)nn1. The van der Waals surface area contributed by atoms with E-state index in [1.54, 1.807) is 26.2 Å². The van der Waals surface area contributed by atoms with Crippen LogP contribution in [0.5, 0.6) is 0 Å². The van der Waals surface area contributed by atoms with E-state index < -0.39 is 6.10 Å². The Morgan fingerprint density at radius 1 is 1.37 bits per heavy atom. The molecule has 0 saturated heterocycles. The van der Waals surface area contributed by atoms with Crippen LogP contribution < -0.4 is 5.32 Å². The first kappa shape index (κ1) is 15.4. The van der Waals surface area contributed by atoms with Gasteiger partial charge in [-0.2, -0.15) is 0 Å². The zero-order valence-electron chi connectivity index (χ0n) is 11.9. The lowest BCUT2D eigenvalue weighted by Gasteiger charge is -2.14. The van der Waals surface area contributed by atoms with Crippen LogP contribution in [0.3, 0.4) is 0 Å². The van der Waals surface area contributed by atoms with E-state index in [9.17, 15) is 9.90 Å². The summed E-state index contributed by atoms with van der Waals surface area (Å²) < 4.78 is 0. The highest BCUT2D eigenvalue weighted by Gasteiger charge is 2.11. The van der Waals surface area contributed by atoms with E-state index >= 15 is 0 Å². The number of nitrogens with one attached hydrogen (secondary N) is 1. The molecule has 0 fully saturated rings. The van der Waals surface area contributed by atoms with Gasteiger partial charge in [-0.25, -0.2) is 0 Å². The molecular weight excluding hydrogens is 244 g/mol. The van der Waals surface area contributed by atoms with Crippen molar-refractivity contribution in [3.63, 3.8) is 0 Å². The Morgan fingerprint density at radius 2 is 2.05 bits per heavy atom. The number of amides is 1. The average Bonchev–Trinajstić information content (AvgIpc) is 2.35. The van der Waals surface area contributed by atoms with E-state index in [0.717, 1.165) is 6.42 Å². The Balaban J connectivity index is 2.51. The second kappa shape index (κ2) is 7.04. The standard InChI is InChI=1S/C13H22N4O2/c1-9(2)7-10(18)8-14-12-6-5-11(15-16-12)13(19)17(3)4/h5-6,9-10,18H,7-8H2,1-4H3,(H,14,16). The number of rotatable bonds is 6. The molecular formula is C13H22N4O2. The van der Waals surface area contributed by atoms with Crippen molar-refractivity contribution in [1.82, 2.24) is 15.1 Å². The predicted molar refractivity (Wildman–Crippen MR) is 74.0 cm³/mol. The van der Waals surface area contributed by atoms with Gasteiger partial charge in [0.2, 0.25) is 0 Å². The number of anilines is 1. The third kappa shape index (κ3) is 5.21. The number of aromatic nitrogens is 2. The molecule has 0 aliphatic heterocycles. The number of nitrogens with zero attached hydrogens (tertiary/aromatic N) is 3. The van der Waals surface area contributed by atoms with Crippen molar-refractivity contribution in [1.29, 1.82) is 0 Å². The molecule has 0 spiro atoms. The van der Waals surface area contributed by atoms with Crippen molar-refractivity contribution >= 4 is 11.7 Å². The fourth-order valence-corrected chi connectivity index (χ4v) is 1.62. The van der Waals surface area contributed by atoms with Crippen LogP contribution in [0.2, 0.25) is 0 Å². The van der Waals surface area contributed by atoms with Crippen LogP contribution in [0, 0.1) is 5.92 Å². The third-order valence-electron chi connectivity index (χ3n) is 2.55. The fourth-order valence-electron chi connectivity index (χ4n) is 1.62. The van der Waals surface area contributed by atoms with Gasteiger partial charge in [-0.15, -0.1) is 10.2 Å². The molecule has 0 saturated carbocycles. The van der Waals surface area contributed by atoms with Gasteiger partial charge in [0, 0.05) is 20.6 Å². The monoisotopic (exact) mass is 266 g/mol. The van der Waals surface area contributed by atoms with Crippen molar-refractivity contribution in [3.8, 4) is 0 Å². The summed E-state index contributed by atoms with van der Waals surface area (Å²) >= 11 is 0. The van der Waals surface area contributed by atoms with E-state index in [4.69, 9.17) is 0 Å². The molecule has 1 atom stereocenters. The maximum atomic E-state index is 11.6. The quantitative estimate of drug-likeness (QED) is 0.803. The number of aliphatic hydroxyl groups is 1. The van der Waals surface area contributed by atoms with E-state index in [0.29, 0.717) is 24.0 Å². The zero-order valence-corrected chi connectivity index (χ0v) is 11.9. The number of carbonyl (C=O) groups is 1. The lowest BCUT2D eigenvalue weighted by molar-refractivity contribution is 0.0821. The van der Waals surface area contributed by atoms with Gasteiger partial charge in [-0.05, 0) is 24.5 Å². The Hall–Kier alpha value is -1.69. The number of hydrogen-bond donors (Lipinski definition) is 2. The molecule has 0 aromatic carbocycles. The summed E-state index contributed by atoms with van der Waals surface area (Å²) in [6, 6.07) is 3.30. The highest BCUT2D eigenvalue weighted by atomic mass is 16.3. The minimum Gasteiger partial charge on any atom is -0.391 e. The minimum atomic E-state index is -0.412. The van der Waals surface area contributed by atoms with Crippen LogP contribution in [-0.4, -0.2) is 52.9 Å². The fraction of sp³-hybridized carbons (Fsp3) is 0.615. The van der Waals surface area contributed by atoms with Crippen molar-refractivity contribution in [2.24, 2.45) is 5.92 Å². The molecule has 6 heteroatoms. The first-order chi connectivity index (χ1) is 8.90. The molecule has 1 aromatic rings. The maximum Gasteiger partial charge on any atom is 0.273 e. The molecule has 1 rings (SSSR count). The smallest absolute Gasteiger partial charge is 0.273 e. The van der Waals surface area contributed by atoms with Crippen LogP contribution in [0.4, 0.5) is 5.82 Å². The topological polar surface area (TPSA) is 78.4 Å². The molecule has 0 aliphatic carbocycles. The predicted octanol–water partition coefficient (Wildman–Crippen LogP) is 0.997. The van der Waals surface area contributed by atoms with Crippen molar-refractivity contribution < 1.29 is 9.90 Å². The Bertz CT molecular complexity index is 404. The molecule has 2 N–H and O–H groups in total. The molecule has 0 bridgehead atoms. The first-order valence-corrected chi connectivity index (χ1v) is 6.37. The molecule has 6 nitrogen and oxygen atoms in total. The largest absolute Gasteiger partial charge is 0.391 e. The van der Waals surface area contributed by atoms with Crippen LogP contribution in [0.15, 0.2) is 12.1 Å². The molecule has 1 aromatic heterocycles. The molecule has 19 heavy (non-hydrogen) atoms. The van der Waals surface area contributed by atoms with Crippen LogP contribution in [-0.2, 0) is 0 Å². The van der Waals surface area contributed by atoms with Gasteiger partial charge < -0.3 is 15.3 Å². The van der Waals surface area contributed by atoms with Gasteiger partial charge in [-0.1, -0.05) is 13.8 Å². The normalized spacial score (nSPS) is 12.3. The van der Waals surface area contributed by atoms with Crippen LogP contribution in [0.1, 0.15) is 30.8 Å². The van der Waals surface area contributed by atoms with E-state index in [-0.39, 0.29) is 5.91 Å². The van der Waals surface area contributed by atoms with Crippen LogP contribution in [0.25, 0.3) is 0 Å². The Morgan fingerprint density at radius 3 is 2.53 bits per heavy atom. The summed E-state index contributed by atoms with van der Waals surface area (Å²) in [6.45, 7) is 4.54. The summed E-state index contributed by atoms with van der Waals surface area (Å²) in [7, 11) is 3.33. The van der Waals surface area contributed by atoms with E-state index in [1.807, 2.05) is 0 Å². The summed E-state index contributed by atoms with van der Waals surface area (Å²) in [5, 5.41) is 20.5. The van der Waals surface area contributed by atoms with E-state index in [1.165, 1.54) is 4.90 Å². The maximum absolute atomic E-state index is 11.6. The van der Waals surface area contributed by atoms with Crippen LogP contribution >= 0.6 is 0 Å². The molecule has 0 aliphatic rings. The van der Waals surface area contributed by atoms with Gasteiger partial charge in [0.25, 0.3) is 5.91 Å². The van der Waals surface area contributed by atoms with E-state index in [2.05, 4.69) is 29.4 Å². The number of aliphatic hydroxyl groups excluding tert-OH is 1. The van der Waals surface area contributed by atoms with Gasteiger partial charge in [0.15, 0.2) is 5.69 Å². The summed E-state index contributed by atoms with van der Waals surface area (Å²) in [5.74, 6) is 0.819. The summed E-state index contributed by atoms with van der Waals surface area (Å²) in [4.78, 5) is 13.1. The van der Waals surface area contributed by atoms with Gasteiger partial charge >= 0.3 is 0 Å². The summed E-state index contributed by atoms with van der Waals surface area (Å²) in [6.07, 6.45) is 0.322. The lowest BCUT2D eigenvalue weighted by Crippen LogP contribution is -2.24. The Kier molecular flexibility index (Phi) is 5.69. The number of hydrogen-bond acceptors (Lipinski definition) is 5. The highest BCUT2D eigenvalue weighted by molar-refractivity contribution is 5.91. The number of carbonyl (C=O) groups excluding carboxylic acids is 1. The minimum absolute atomic E-state index is 0.182. The third-order valence-corrected chi connectivity index (χ3v) is 2.55. The second-order valence-electron chi connectivity index (χ2n) is 5.17. The molecule has 106 valence electrons. The zero-order chi connectivity index (χ0) is 14.4. The molecule has 1 unspecified atom stereocenters.